The number of carbonyl (C=O) groups is 1. The predicted octanol–water partition coefficient (Wildman–Crippen LogP) is 2.21. The zero-order valence-electron chi connectivity index (χ0n) is 12.2. The Kier molecular flexibility index (Phi) is 4.22. The van der Waals surface area contributed by atoms with Crippen molar-refractivity contribution in [2.75, 3.05) is 6.61 Å². The molecule has 1 aromatic carbocycles. The molecule has 0 saturated carbocycles. The van der Waals surface area contributed by atoms with Crippen molar-refractivity contribution < 1.29 is 23.1 Å². The van der Waals surface area contributed by atoms with Crippen LogP contribution in [0.1, 0.15) is 22.1 Å². The highest BCUT2D eigenvalue weighted by molar-refractivity contribution is 5.93. The van der Waals surface area contributed by atoms with Gasteiger partial charge in [-0.1, -0.05) is 6.07 Å². The van der Waals surface area contributed by atoms with Gasteiger partial charge < -0.3 is 10.4 Å². The molecule has 2 N–H and O–H groups in total. The van der Waals surface area contributed by atoms with Crippen molar-refractivity contribution in [2.45, 2.75) is 6.04 Å². The number of hydrogen-bond acceptors (Lipinski definition) is 3. The first-order valence-electron chi connectivity index (χ1n) is 6.99. The summed E-state index contributed by atoms with van der Waals surface area (Å²) in [5.74, 6) is -5.00. The van der Waals surface area contributed by atoms with Gasteiger partial charge in [-0.3, -0.25) is 9.20 Å². The number of benzene rings is 1. The van der Waals surface area contributed by atoms with Gasteiger partial charge in [0.2, 0.25) is 0 Å². The van der Waals surface area contributed by atoms with Crippen LogP contribution in [-0.4, -0.2) is 27.0 Å². The topological polar surface area (TPSA) is 66.6 Å². The van der Waals surface area contributed by atoms with E-state index in [4.69, 9.17) is 0 Å². The molecule has 0 radical (unpaired) electrons. The van der Waals surface area contributed by atoms with E-state index in [-0.39, 0.29) is 11.3 Å². The van der Waals surface area contributed by atoms with Crippen molar-refractivity contribution in [1.29, 1.82) is 0 Å². The van der Waals surface area contributed by atoms with Crippen LogP contribution < -0.4 is 5.32 Å². The van der Waals surface area contributed by atoms with E-state index in [0.717, 1.165) is 12.1 Å². The van der Waals surface area contributed by atoms with E-state index in [1.54, 1.807) is 24.4 Å². The number of nitrogens with zero attached hydrogens (tertiary/aromatic N) is 2. The average molecular weight is 335 g/mol. The smallest absolute Gasteiger partial charge is 0.270 e. The Morgan fingerprint density at radius 1 is 1.25 bits per heavy atom. The standard InChI is InChI=1S/C16H12F3N3O2/c17-10-5-9(6-11(18)15(10)19)12(8-23)21-16(24)13-7-20-14-3-1-2-4-22(13)14/h1-7,12,23H,8H2,(H,21,24). The molecule has 8 heteroatoms. The second-order valence-corrected chi connectivity index (χ2v) is 5.08. The van der Waals surface area contributed by atoms with E-state index in [2.05, 4.69) is 10.3 Å². The Hall–Kier alpha value is -2.87. The summed E-state index contributed by atoms with van der Waals surface area (Å²) < 4.78 is 41.2. The van der Waals surface area contributed by atoms with Gasteiger partial charge in [0.05, 0.1) is 18.8 Å². The van der Waals surface area contributed by atoms with Crippen molar-refractivity contribution in [3.05, 3.63) is 71.4 Å². The SMILES string of the molecule is O=C(NC(CO)c1cc(F)c(F)c(F)c1)c1cnc2ccccn12. The maximum atomic E-state index is 13.3. The van der Waals surface area contributed by atoms with Crippen LogP contribution in [0.2, 0.25) is 0 Å². The Balaban J connectivity index is 1.89. The quantitative estimate of drug-likeness (QED) is 0.719. The lowest BCUT2D eigenvalue weighted by atomic mass is 10.1. The molecule has 0 aliphatic rings. The third kappa shape index (κ3) is 2.83. The van der Waals surface area contributed by atoms with E-state index in [1.807, 2.05) is 0 Å². The number of aliphatic hydroxyl groups excluding tert-OH is 1. The van der Waals surface area contributed by atoms with Crippen LogP contribution >= 0.6 is 0 Å². The summed E-state index contributed by atoms with van der Waals surface area (Å²) in [5, 5.41) is 11.9. The van der Waals surface area contributed by atoms with E-state index in [1.165, 1.54) is 10.6 Å². The maximum Gasteiger partial charge on any atom is 0.270 e. The van der Waals surface area contributed by atoms with Crippen LogP contribution in [0.3, 0.4) is 0 Å². The van der Waals surface area contributed by atoms with Gasteiger partial charge in [-0.05, 0) is 29.8 Å². The normalized spacial score (nSPS) is 12.3. The summed E-state index contributed by atoms with van der Waals surface area (Å²) in [5.41, 5.74) is 0.644. The van der Waals surface area contributed by atoms with E-state index < -0.39 is 36.0 Å². The van der Waals surface area contributed by atoms with Crippen LogP contribution in [0.5, 0.6) is 0 Å². The molecule has 0 aliphatic heterocycles. The number of amides is 1. The second kappa shape index (κ2) is 6.32. The molecule has 1 atom stereocenters. The lowest BCUT2D eigenvalue weighted by Gasteiger charge is -2.17. The minimum atomic E-state index is -1.61. The molecular formula is C16H12F3N3O2. The van der Waals surface area contributed by atoms with Gasteiger partial charge in [-0.15, -0.1) is 0 Å². The van der Waals surface area contributed by atoms with Crippen LogP contribution in [0.25, 0.3) is 5.65 Å². The summed E-state index contributed by atoms with van der Waals surface area (Å²) in [4.78, 5) is 16.4. The van der Waals surface area contributed by atoms with Crippen LogP contribution in [0.15, 0.2) is 42.7 Å². The molecule has 3 aromatic rings. The molecule has 2 heterocycles. The first-order valence-corrected chi connectivity index (χ1v) is 6.99. The van der Waals surface area contributed by atoms with E-state index >= 15 is 0 Å². The monoisotopic (exact) mass is 335 g/mol. The first-order chi connectivity index (χ1) is 11.5. The van der Waals surface area contributed by atoms with Crippen LogP contribution in [0.4, 0.5) is 13.2 Å². The predicted molar refractivity (Wildman–Crippen MR) is 78.8 cm³/mol. The number of aromatic nitrogens is 2. The number of imidazole rings is 1. The molecule has 1 amide bonds. The van der Waals surface area contributed by atoms with Gasteiger partial charge in [0.25, 0.3) is 5.91 Å². The summed E-state index contributed by atoms with van der Waals surface area (Å²) in [7, 11) is 0. The average Bonchev–Trinajstić information content (AvgIpc) is 3.01. The number of pyridine rings is 1. The van der Waals surface area contributed by atoms with Gasteiger partial charge in [-0.2, -0.15) is 0 Å². The molecule has 2 aromatic heterocycles. The zero-order chi connectivity index (χ0) is 17.3. The van der Waals surface area contributed by atoms with Gasteiger partial charge in [0, 0.05) is 6.20 Å². The fourth-order valence-electron chi connectivity index (χ4n) is 2.34. The number of fused-ring (bicyclic) bond motifs is 1. The largest absolute Gasteiger partial charge is 0.394 e. The van der Waals surface area contributed by atoms with E-state index in [9.17, 15) is 23.1 Å². The molecule has 0 aliphatic carbocycles. The molecule has 0 fully saturated rings. The number of nitrogens with one attached hydrogen (secondary N) is 1. The molecule has 0 spiro atoms. The Bertz CT molecular complexity index is 887. The summed E-state index contributed by atoms with van der Waals surface area (Å²) in [6.45, 7) is -0.618. The summed E-state index contributed by atoms with van der Waals surface area (Å²) >= 11 is 0. The lowest BCUT2D eigenvalue weighted by Crippen LogP contribution is -2.31. The van der Waals surface area contributed by atoms with Gasteiger partial charge in [0.15, 0.2) is 17.5 Å². The minimum Gasteiger partial charge on any atom is -0.394 e. The highest BCUT2D eigenvalue weighted by Crippen LogP contribution is 2.20. The molecule has 5 nitrogen and oxygen atoms in total. The fourth-order valence-corrected chi connectivity index (χ4v) is 2.34. The Labute approximate surface area is 134 Å². The Morgan fingerprint density at radius 3 is 2.62 bits per heavy atom. The van der Waals surface area contributed by atoms with Gasteiger partial charge in [0.1, 0.15) is 11.3 Å². The molecule has 0 saturated heterocycles. The van der Waals surface area contributed by atoms with E-state index in [0.29, 0.717) is 5.65 Å². The summed E-state index contributed by atoms with van der Waals surface area (Å²) in [6, 6.07) is 5.52. The molecular weight excluding hydrogens is 323 g/mol. The van der Waals surface area contributed by atoms with Crippen LogP contribution in [-0.2, 0) is 0 Å². The lowest BCUT2D eigenvalue weighted by molar-refractivity contribution is 0.0910. The molecule has 0 bridgehead atoms. The summed E-state index contributed by atoms with van der Waals surface area (Å²) in [6.07, 6.45) is 2.97. The van der Waals surface area contributed by atoms with Gasteiger partial charge >= 0.3 is 0 Å². The highest BCUT2D eigenvalue weighted by atomic mass is 19.2. The Morgan fingerprint density at radius 2 is 1.96 bits per heavy atom. The number of aliphatic hydroxyl groups is 1. The third-order valence-electron chi connectivity index (χ3n) is 3.55. The zero-order valence-corrected chi connectivity index (χ0v) is 12.2. The second-order valence-electron chi connectivity index (χ2n) is 5.08. The van der Waals surface area contributed by atoms with Crippen molar-refractivity contribution in [1.82, 2.24) is 14.7 Å². The number of hydrogen-bond donors (Lipinski definition) is 2. The van der Waals surface area contributed by atoms with Crippen LogP contribution in [0, 0.1) is 17.5 Å². The fraction of sp³-hybridized carbons (Fsp3) is 0.125. The third-order valence-corrected chi connectivity index (χ3v) is 3.55. The minimum absolute atomic E-state index is 0.0870. The molecule has 124 valence electrons. The number of rotatable bonds is 4. The van der Waals surface area contributed by atoms with Gasteiger partial charge in [-0.25, -0.2) is 18.2 Å². The number of carbonyl (C=O) groups excluding carboxylic acids is 1. The van der Waals surface area contributed by atoms with Crippen molar-refractivity contribution >= 4 is 11.6 Å². The van der Waals surface area contributed by atoms with Crippen molar-refractivity contribution in [3.63, 3.8) is 0 Å². The molecule has 1 unspecified atom stereocenters. The number of halogens is 3. The molecule has 24 heavy (non-hydrogen) atoms. The molecule has 3 rings (SSSR count). The van der Waals surface area contributed by atoms with Crippen molar-refractivity contribution in [3.8, 4) is 0 Å². The van der Waals surface area contributed by atoms with Crippen molar-refractivity contribution in [2.24, 2.45) is 0 Å². The first kappa shape index (κ1) is 16.0. The maximum absolute atomic E-state index is 13.3. The highest BCUT2D eigenvalue weighted by Gasteiger charge is 2.21.